The van der Waals surface area contributed by atoms with Crippen molar-refractivity contribution in [3.8, 4) is 21.9 Å². The van der Waals surface area contributed by atoms with E-state index >= 15 is 0 Å². The summed E-state index contributed by atoms with van der Waals surface area (Å²) in [4.78, 5) is 20.9. The van der Waals surface area contributed by atoms with Crippen LogP contribution in [-0.4, -0.2) is 40.2 Å². The molecule has 0 bridgehead atoms. The average molecular weight is 879 g/mol. The first-order valence-electron chi connectivity index (χ1n) is 19.6. The molecule has 300 valence electrons. The van der Waals surface area contributed by atoms with Crippen LogP contribution in [0, 0.1) is 13.8 Å². The van der Waals surface area contributed by atoms with Crippen LogP contribution in [0.25, 0.3) is 32.2 Å². The average Bonchev–Trinajstić information content (AvgIpc) is 3.94. The van der Waals surface area contributed by atoms with Crippen molar-refractivity contribution < 1.29 is 9.47 Å². The van der Waals surface area contributed by atoms with Gasteiger partial charge in [0.05, 0.1) is 37.3 Å². The number of halogens is 2. The van der Waals surface area contributed by atoms with Crippen LogP contribution >= 0.6 is 38.9 Å². The van der Waals surface area contributed by atoms with Gasteiger partial charge in [0, 0.05) is 48.7 Å². The van der Waals surface area contributed by atoms with Crippen LogP contribution in [0.3, 0.4) is 0 Å². The normalized spacial score (nSPS) is 13.9. The van der Waals surface area contributed by atoms with Gasteiger partial charge in [-0.2, -0.15) is 0 Å². The van der Waals surface area contributed by atoms with E-state index < -0.39 is 0 Å². The maximum absolute atomic E-state index is 6.07. The number of hydrogen-bond donors (Lipinski definition) is 3. The van der Waals surface area contributed by atoms with Gasteiger partial charge < -0.3 is 25.4 Å². The molecule has 9 nitrogen and oxygen atoms in total. The van der Waals surface area contributed by atoms with Crippen molar-refractivity contribution in [1.29, 1.82) is 0 Å². The Bertz CT molecular complexity index is 2530. The fourth-order valence-corrected chi connectivity index (χ4v) is 9.01. The molecule has 12 heteroatoms. The van der Waals surface area contributed by atoms with E-state index in [4.69, 9.17) is 26.1 Å². The van der Waals surface area contributed by atoms with E-state index in [-0.39, 0.29) is 12.1 Å². The van der Waals surface area contributed by atoms with Crippen LogP contribution in [-0.2, 0) is 6.54 Å². The summed E-state index contributed by atoms with van der Waals surface area (Å²) in [5, 5.41) is 13.5. The second kappa shape index (κ2) is 18.8. The summed E-state index contributed by atoms with van der Waals surface area (Å²) in [7, 11) is 3.28. The Morgan fingerprint density at radius 1 is 0.741 bits per heavy atom. The number of benzene rings is 4. The van der Waals surface area contributed by atoms with E-state index in [1.54, 1.807) is 14.2 Å². The number of methoxy groups -OCH3 is 2. The quantitative estimate of drug-likeness (QED) is 0.111. The van der Waals surface area contributed by atoms with Gasteiger partial charge in [0.2, 0.25) is 0 Å². The maximum Gasteiger partial charge on any atom is 0.162 e. The van der Waals surface area contributed by atoms with E-state index in [2.05, 4.69) is 103 Å². The predicted octanol–water partition coefficient (Wildman–Crippen LogP) is 12.4. The second-order valence-electron chi connectivity index (χ2n) is 14.6. The van der Waals surface area contributed by atoms with Crippen LogP contribution < -0.4 is 25.4 Å². The molecule has 0 aliphatic heterocycles. The molecule has 4 aromatic carbocycles. The molecule has 0 saturated heterocycles. The second-order valence-corrected chi connectivity index (χ2v) is 17.1. The molecule has 3 aromatic heterocycles. The number of thiophene rings is 1. The molecule has 8 rings (SSSR count). The van der Waals surface area contributed by atoms with E-state index in [0.29, 0.717) is 23.4 Å². The lowest BCUT2D eigenvalue weighted by atomic mass is 10.1. The summed E-state index contributed by atoms with van der Waals surface area (Å²) in [6.45, 7) is 8.99. The van der Waals surface area contributed by atoms with E-state index in [1.807, 2.05) is 73.7 Å². The Morgan fingerprint density at radius 3 is 2.14 bits per heavy atom. The molecule has 1 fully saturated rings. The van der Waals surface area contributed by atoms with Crippen molar-refractivity contribution >= 4 is 72.3 Å². The third-order valence-corrected chi connectivity index (χ3v) is 12.4. The van der Waals surface area contributed by atoms with Gasteiger partial charge in [0.25, 0.3) is 0 Å². The fraction of sp³-hybridized carbons (Fsp3) is 0.304. The standard InChI is InChI=1S/C29H34N4O2S.C17H15BrClN3/c1-18(31-29-23-15-25(34-3)26(35-4)16-24(23)32-19(2)33-29)27-13-14-28(36-27)22-12-8-5-9-20(22)17-30-21-10-6-7-11-21;1-10(12-4-3-5-14(19)8-12)20-17-15-9-13(18)6-7-16(15)21-11(2)22-17/h5,8-9,12-16,18,21,30H,6-7,10-11,17H2,1-4H3,(H,31,32,33);3-10H,1-2H3,(H,20,21,22). The Hall–Kier alpha value is -4.81. The molecule has 2 atom stereocenters. The summed E-state index contributed by atoms with van der Waals surface area (Å²) in [6.07, 6.45) is 5.29. The molecule has 1 aliphatic rings. The molecule has 3 heterocycles. The Kier molecular flexibility index (Phi) is 13.4. The lowest BCUT2D eigenvalue weighted by molar-refractivity contribution is 0.356. The number of hydrogen-bond acceptors (Lipinski definition) is 10. The van der Waals surface area contributed by atoms with Crippen molar-refractivity contribution in [2.24, 2.45) is 0 Å². The highest BCUT2D eigenvalue weighted by atomic mass is 79.9. The summed E-state index contributed by atoms with van der Waals surface area (Å²) in [6, 6.07) is 31.7. The Labute approximate surface area is 358 Å². The molecule has 0 spiro atoms. The summed E-state index contributed by atoms with van der Waals surface area (Å²) in [5.74, 6) is 4.40. The lowest BCUT2D eigenvalue weighted by Gasteiger charge is -2.17. The molecule has 3 N–H and O–H groups in total. The van der Waals surface area contributed by atoms with Gasteiger partial charge >= 0.3 is 0 Å². The largest absolute Gasteiger partial charge is 0.493 e. The van der Waals surface area contributed by atoms with E-state index in [9.17, 15) is 0 Å². The van der Waals surface area contributed by atoms with Gasteiger partial charge in [-0.25, -0.2) is 19.9 Å². The highest BCUT2D eigenvalue weighted by Gasteiger charge is 2.19. The molecular formula is C46H49BrClN7O2S. The lowest BCUT2D eigenvalue weighted by Crippen LogP contribution is -2.25. The topological polar surface area (TPSA) is 106 Å². The third kappa shape index (κ3) is 9.89. The number of ether oxygens (including phenoxy) is 2. The number of fused-ring (bicyclic) bond motifs is 2. The van der Waals surface area contributed by atoms with Crippen LogP contribution in [0.2, 0.25) is 5.02 Å². The zero-order valence-electron chi connectivity index (χ0n) is 33.7. The van der Waals surface area contributed by atoms with Gasteiger partial charge in [-0.05, 0) is 106 Å². The SMILES string of the molecule is COc1cc2nc(C)nc(NC(C)c3ccc(-c4ccccc4CNC4CCCC4)s3)c2cc1OC.Cc1nc(NC(C)c2cccc(Cl)c2)c2cc(Br)ccc2n1. The third-order valence-electron chi connectivity index (χ3n) is 10.4. The van der Waals surface area contributed by atoms with Crippen molar-refractivity contribution in [2.75, 3.05) is 24.9 Å². The number of rotatable bonds is 12. The van der Waals surface area contributed by atoms with Gasteiger partial charge in [-0.1, -0.05) is 76.8 Å². The minimum Gasteiger partial charge on any atom is -0.493 e. The van der Waals surface area contributed by atoms with E-state index in [1.165, 1.54) is 46.6 Å². The van der Waals surface area contributed by atoms with Crippen molar-refractivity contribution in [2.45, 2.75) is 78.0 Å². The number of aryl methyl sites for hydroxylation is 2. The zero-order valence-corrected chi connectivity index (χ0v) is 36.9. The van der Waals surface area contributed by atoms with Crippen LogP contribution in [0.1, 0.15) is 79.3 Å². The predicted molar refractivity (Wildman–Crippen MR) is 244 cm³/mol. The maximum atomic E-state index is 6.07. The first-order valence-corrected chi connectivity index (χ1v) is 21.6. The molecular weight excluding hydrogens is 830 g/mol. The number of aromatic nitrogens is 4. The molecule has 0 radical (unpaired) electrons. The van der Waals surface area contributed by atoms with Gasteiger partial charge in [-0.3, -0.25) is 0 Å². The molecule has 2 unspecified atom stereocenters. The molecule has 58 heavy (non-hydrogen) atoms. The minimum atomic E-state index is 0.0816. The zero-order chi connectivity index (χ0) is 40.8. The van der Waals surface area contributed by atoms with Crippen molar-refractivity contribution in [3.05, 3.63) is 128 Å². The molecule has 1 saturated carbocycles. The van der Waals surface area contributed by atoms with Crippen LogP contribution in [0.5, 0.6) is 11.5 Å². The highest BCUT2D eigenvalue weighted by molar-refractivity contribution is 9.10. The van der Waals surface area contributed by atoms with Gasteiger partial charge in [-0.15, -0.1) is 11.3 Å². The van der Waals surface area contributed by atoms with Crippen LogP contribution in [0.15, 0.2) is 95.5 Å². The Balaban J connectivity index is 0.000000199. The number of nitrogens with one attached hydrogen (secondary N) is 3. The van der Waals surface area contributed by atoms with Gasteiger partial charge in [0.1, 0.15) is 23.3 Å². The minimum absolute atomic E-state index is 0.0816. The molecule has 7 aromatic rings. The van der Waals surface area contributed by atoms with E-state index in [0.717, 1.165) is 60.9 Å². The summed E-state index contributed by atoms with van der Waals surface area (Å²) >= 11 is 11.4. The highest BCUT2D eigenvalue weighted by Crippen LogP contribution is 2.38. The van der Waals surface area contributed by atoms with Crippen molar-refractivity contribution in [1.82, 2.24) is 25.3 Å². The van der Waals surface area contributed by atoms with Gasteiger partial charge in [0.15, 0.2) is 11.5 Å². The smallest absolute Gasteiger partial charge is 0.162 e. The first kappa shape index (κ1) is 41.4. The monoisotopic (exact) mass is 877 g/mol. The number of anilines is 2. The summed E-state index contributed by atoms with van der Waals surface area (Å²) in [5.41, 5.74) is 5.54. The molecule has 0 amide bonds. The Morgan fingerprint density at radius 2 is 1.41 bits per heavy atom. The molecule has 1 aliphatic carbocycles. The number of nitrogens with zero attached hydrogens (tertiary/aromatic N) is 4. The van der Waals surface area contributed by atoms with Crippen molar-refractivity contribution in [3.63, 3.8) is 0 Å². The fourth-order valence-electron chi connectivity index (χ4n) is 7.38. The first-order chi connectivity index (χ1) is 28.1. The summed E-state index contributed by atoms with van der Waals surface area (Å²) < 4.78 is 12.0. The van der Waals surface area contributed by atoms with Crippen LogP contribution in [0.4, 0.5) is 11.6 Å².